The third kappa shape index (κ3) is 6.67. The molecule has 2 saturated heterocycles. The van der Waals surface area contributed by atoms with Gasteiger partial charge in [-0.25, -0.2) is 0 Å². The van der Waals surface area contributed by atoms with E-state index in [0.717, 1.165) is 65.7 Å². The van der Waals surface area contributed by atoms with Gasteiger partial charge >= 0.3 is 0 Å². The van der Waals surface area contributed by atoms with Gasteiger partial charge in [-0.2, -0.15) is 0 Å². The number of carbonyl (C=O) groups is 1. The van der Waals surface area contributed by atoms with E-state index in [9.17, 15) is 4.79 Å². The van der Waals surface area contributed by atoms with Crippen molar-refractivity contribution in [3.63, 3.8) is 0 Å². The summed E-state index contributed by atoms with van der Waals surface area (Å²) in [5, 5.41) is 12.8. The first-order valence-corrected chi connectivity index (χ1v) is 12.8. The van der Waals surface area contributed by atoms with Gasteiger partial charge in [-0.1, -0.05) is 27.7 Å². The average molecular weight is 504 g/mol. The maximum absolute atomic E-state index is 12.5. The molecule has 31 heavy (non-hydrogen) atoms. The fraction of sp³-hybridized carbons (Fsp3) is 0.522. The minimum atomic E-state index is 0.114. The Balaban J connectivity index is 1.18. The molecule has 8 heteroatoms. The number of halogens is 1. The molecular formula is C23H30BrN5OS. The van der Waals surface area contributed by atoms with Crippen molar-refractivity contribution < 1.29 is 4.79 Å². The van der Waals surface area contributed by atoms with Gasteiger partial charge in [0.1, 0.15) is 5.03 Å². The molecule has 0 atom stereocenters. The molecule has 2 aliphatic rings. The number of nitrogens with zero attached hydrogens (tertiary/aromatic N) is 4. The average Bonchev–Trinajstić information content (AvgIpc) is 3.32. The zero-order valence-corrected chi connectivity index (χ0v) is 20.2. The van der Waals surface area contributed by atoms with Crippen molar-refractivity contribution in [1.29, 1.82) is 0 Å². The summed E-state index contributed by atoms with van der Waals surface area (Å²) in [4.78, 5) is 18.4. The first-order chi connectivity index (χ1) is 15.2. The number of nitrogens with one attached hydrogen (secondary N) is 1. The molecule has 0 spiro atoms. The van der Waals surface area contributed by atoms with E-state index in [1.807, 2.05) is 24.3 Å². The molecule has 2 aliphatic heterocycles. The van der Waals surface area contributed by atoms with Crippen molar-refractivity contribution in [2.45, 2.75) is 42.0 Å². The van der Waals surface area contributed by atoms with Gasteiger partial charge in [-0.05, 0) is 88.1 Å². The number of hydrogen-bond donors (Lipinski definition) is 1. The molecule has 2 aromatic rings. The van der Waals surface area contributed by atoms with E-state index >= 15 is 0 Å². The lowest BCUT2D eigenvalue weighted by Crippen LogP contribution is -2.41. The van der Waals surface area contributed by atoms with Gasteiger partial charge in [0.25, 0.3) is 0 Å². The maximum Gasteiger partial charge on any atom is 0.223 e. The van der Waals surface area contributed by atoms with Crippen LogP contribution in [0.3, 0.4) is 0 Å². The second-order valence-corrected chi connectivity index (χ2v) is 10.2. The van der Waals surface area contributed by atoms with Crippen LogP contribution < -0.4 is 10.2 Å². The largest absolute Gasteiger partial charge is 0.356 e. The van der Waals surface area contributed by atoms with Crippen LogP contribution in [0.25, 0.3) is 0 Å². The van der Waals surface area contributed by atoms with E-state index < -0.39 is 0 Å². The maximum atomic E-state index is 12.5. The number of hydrogen-bond acceptors (Lipinski definition) is 6. The topological polar surface area (TPSA) is 61.4 Å². The molecule has 6 nitrogen and oxygen atoms in total. The van der Waals surface area contributed by atoms with Crippen LogP contribution in [0.4, 0.5) is 5.82 Å². The van der Waals surface area contributed by atoms with Crippen LogP contribution in [0.5, 0.6) is 0 Å². The van der Waals surface area contributed by atoms with E-state index in [1.54, 1.807) is 11.8 Å². The molecule has 3 heterocycles. The third-order valence-corrected chi connectivity index (χ3v) is 7.46. The highest BCUT2D eigenvalue weighted by Gasteiger charge is 2.25. The second-order valence-electron chi connectivity index (χ2n) is 8.24. The zero-order valence-electron chi connectivity index (χ0n) is 17.8. The van der Waals surface area contributed by atoms with Crippen LogP contribution in [0.15, 0.2) is 50.8 Å². The van der Waals surface area contributed by atoms with Gasteiger partial charge in [0.15, 0.2) is 5.82 Å². The lowest BCUT2D eigenvalue weighted by atomic mass is 9.96. The summed E-state index contributed by atoms with van der Waals surface area (Å²) in [6, 6.07) is 12.2. The lowest BCUT2D eigenvalue weighted by molar-refractivity contribution is -0.125. The Morgan fingerprint density at radius 2 is 1.77 bits per heavy atom. The normalized spacial score (nSPS) is 17.8. The number of anilines is 1. The van der Waals surface area contributed by atoms with Crippen LogP contribution in [-0.2, 0) is 4.79 Å². The molecule has 0 bridgehead atoms. The van der Waals surface area contributed by atoms with E-state index in [-0.39, 0.29) is 11.8 Å². The Morgan fingerprint density at radius 1 is 1.03 bits per heavy atom. The molecule has 0 aliphatic carbocycles. The Bertz CT molecular complexity index is 834. The smallest absolute Gasteiger partial charge is 0.223 e. The first kappa shape index (κ1) is 22.6. The minimum absolute atomic E-state index is 0.114. The van der Waals surface area contributed by atoms with Crippen molar-refractivity contribution in [2.75, 3.05) is 44.2 Å². The van der Waals surface area contributed by atoms with Crippen LogP contribution in [0.2, 0.25) is 0 Å². The molecule has 0 radical (unpaired) electrons. The predicted octanol–water partition coefficient (Wildman–Crippen LogP) is 4.21. The number of aromatic nitrogens is 2. The van der Waals surface area contributed by atoms with Crippen LogP contribution >= 0.6 is 27.7 Å². The van der Waals surface area contributed by atoms with Gasteiger partial charge in [-0.15, -0.1) is 10.2 Å². The second kappa shape index (κ2) is 11.3. The standard InChI is InChI=1S/C23H30BrN5OS/c24-19-4-6-20(7-5-19)31-22-9-8-21(26-27-22)29-16-10-18(11-17-29)23(30)25-12-3-15-28-13-1-2-14-28/h4-9,18H,1-3,10-17H2,(H,25,30). The van der Waals surface area contributed by atoms with Gasteiger partial charge in [0, 0.05) is 34.9 Å². The van der Waals surface area contributed by atoms with Crippen molar-refractivity contribution >= 4 is 39.4 Å². The van der Waals surface area contributed by atoms with E-state index in [0.29, 0.717) is 0 Å². The Morgan fingerprint density at radius 3 is 2.45 bits per heavy atom. The molecule has 1 aromatic carbocycles. The number of piperidine rings is 1. The summed E-state index contributed by atoms with van der Waals surface area (Å²) in [6.07, 6.45) is 5.43. The van der Waals surface area contributed by atoms with Crippen LogP contribution in [-0.4, -0.2) is 60.3 Å². The summed E-state index contributed by atoms with van der Waals surface area (Å²) < 4.78 is 1.07. The number of carbonyl (C=O) groups excluding carboxylic acids is 1. The third-order valence-electron chi connectivity index (χ3n) is 6.00. The number of likely N-dealkylation sites (tertiary alicyclic amines) is 1. The summed E-state index contributed by atoms with van der Waals surface area (Å²) >= 11 is 5.06. The highest BCUT2D eigenvalue weighted by Crippen LogP contribution is 2.28. The van der Waals surface area contributed by atoms with Crippen molar-refractivity contribution in [3.05, 3.63) is 40.9 Å². The monoisotopic (exact) mass is 503 g/mol. The van der Waals surface area contributed by atoms with Gasteiger partial charge in [0.05, 0.1) is 0 Å². The van der Waals surface area contributed by atoms with E-state index in [2.05, 4.69) is 53.4 Å². The molecule has 2 fully saturated rings. The predicted molar refractivity (Wildman–Crippen MR) is 129 cm³/mol. The van der Waals surface area contributed by atoms with E-state index in [4.69, 9.17) is 0 Å². The Kier molecular flexibility index (Phi) is 8.21. The molecule has 0 saturated carbocycles. The summed E-state index contributed by atoms with van der Waals surface area (Å²) in [5.41, 5.74) is 0. The van der Waals surface area contributed by atoms with Crippen molar-refractivity contribution in [2.24, 2.45) is 5.92 Å². The van der Waals surface area contributed by atoms with Crippen molar-refractivity contribution in [1.82, 2.24) is 20.4 Å². The van der Waals surface area contributed by atoms with Gasteiger partial charge < -0.3 is 15.1 Å². The summed E-state index contributed by atoms with van der Waals surface area (Å²) in [5.74, 6) is 1.22. The quantitative estimate of drug-likeness (QED) is 0.544. The fourth-order valence-corrected chi connectivity index (χ4v) is 5.19. The fourth-order valence-electron chi connectivity index (χ4n) is 4.20. The first-order valence-electron chi connectivity index (χ1n) is 11.2. The van der Waals surface area contributed by atoms with Gasteiger partial charge in [0.2, 0.25) is 5.91 Å². The molecule has 0 unspecified atom stereocenters. The molecule has 4 rings (SSSR count). The highest BCUT2D eigenvalue weighted by molar-refractivity contribution is 9.10. The molecule has 1 amide bonds. The van der Waals surface area contributed by atoms with Gasteiger partial charge in [-0.3, -0.25) is 4.79 Å². The summed E-state index contributed by atoms with van der Waals surface area (Å²) in [7, 11) is 0. The molecule has 1 aromatic heterocycles. The zero-order chi connectivity index (χ0) is 21.5. The van der Waals surface area contributed by atoms with E-state index in [1.165, 1.54) is 25.9 Å². The Labute approximate surface area is 197 Å². The SMILES string of the molecule is O=C(NCCCN1CCCC1)C1CCN(c2ccc(Sc3ccc(Br)cc3)nn2)CC1. The minimum Gasteiger partial charge on any atom is -0.356 e. The number of rotatable bonds is 8. The molecule has 1 N–H and O–H groups in total. The molecular weight excluding hydrogens is 474 g/mol. The number of amides is 1. The van der Waals surface area contributed by atoms with Crippen LogP contribution in [0, 0.1) is 5.92 Å². The Hall–Kier alpha value is -1.64. The lowest BCUT2D eigenvalue weighted by Gasteiger charge is -2.31. The summed E-state index contributed by atoms with van der Waals surface area (Å²) in [6.45, 7) is 6.03. The molecule has 166 valence electrons. The van der Waals surface area contributed by atoms with Crippen LogP contribution in [0.1, 0.15) is 32.1 Å². The highest BCUT2D eigenvalue weighted by atomic mass is 79.9. The number of benzene rings is 1. The van der Waals surface area contributed by atoms with Crippen molar-refractivity contribution in [3.8, 4) is 0 Å².